The van der Waals surface area contributed by atoms with Gasteiger partial charge in [-0.1, -0.05) is 24.3 Å². The summed E-state index contributed by atoms with van der Waals surface area (Å²) < 4.78 is 5.59. The second kappa shape index (κ2) is 8.32. The van der Waals surface area contributed by atoms with E-state index >= 15 is 0 Å². The van der Waals surface area contributed by atoms with Gasteiger partial charge in [0.1, 0.15) is 16.5 Å². The number of fused-ring (bicyclic) bond motifs is 1. The predicted molar refractivity (Wildman–Crippen MR) is 121 cm³/mol. The number of carbonyl (C=O) groups is 1. The Morgan fingerprint density at radius 2 is 2.03 bits per heavy atom. The van der Waals surface area contributed by atoms with Crippen molar-refractivity contribution in [1.29, 1.82) is 0 Å². The summed E-state index contributed by atoms with van der Waals surface area (Å²) in [6.45, 7) is 2.99. The zero-order chi connectivity index (χ0) is 20.5. The van der Waals surface area contributed by atoms with Crippen molar-refractivity contribution in [3.8, 4) is 16.3 Å². The van der Waals surface area contributed by atoms with E-state index in [1.165, 1.54) is 11.1 Å². The number of Topliss-reactive ketones (excluding diaryl/α,β-unsaturated/α-hetero) is 1. The van der Waals surface area contributed by atoms with Crippen molar-refractivity contribution in [2.75, 3.05) is 26.7 Å². The number of ketones is 1. The van der Waals surface area contributed by atoms with Crippen LogP contribution in [0.4, 0.5) is 0 Å². The maximum atomic E-state index is 13.0. The number of hydrogen-bond donors (Lipinski definition) is 0. The van der Waals surface area contributed by atoms with Gasteiger partial charge < -0.3 is 9.64 Å². The van der Waals surface area contributed by atoms with E-state index in [0.717, 1.165) is 60.8 Å². The lowest BCUT2D eigenvalue weighted by Gasteiger charge is -2.30. The quantitative estimate of drug-likeness (QED) is 0.548. The third-order valence-electron chi connectivity index (χ3n) is 6.29. The average Bonchev–Trinajstić information content (AvgIpc) is 3.44. The molecule has 30 heavy (non-hydrogen) atoms. The first-order valence-electron chi connectivity index (χ1n) is 10.7. The molecule has 0 atom stereocenters. The monoisotopic (exact) mass is 418 g/mol. The molecule has 5 rings (SSSR count). The molecule has 2 aromatic carbocycles. The standard InChI is InChI=1S/C25H26N2O2S/c1-27-11-8-17(9-12-27)21-5-3-2-4-18(21)15-23(28)22-16-30-25(26-22)20-6-7-24-19(14-20)10-13-29-24/h2-7,14,16-17H,8-13,15H2,1H3. The van der Waals surface area contributed by atoms with E-state index in [0.29, 0.717) is 18.0 Å². The maximum Gasteiger partial charge on any atom is 0.186 e. The molecule has 0 N–H and O–H groups in total. The number of aromatic nitrogens is 1. The number of nitrogens with zero attached hydrogens (tertiary/aromatic N) is 2. The number of piperidine rings is 1. The molecule has 1 fully saturated rings. The molecule has 5 heteroatoms. The zero-order valence-electron chi connectivity index (χ0n) is 17.3. The van der Waals surface area contributed by atoms with Crippen LogP contribution in [0.25, 0.3) is 10.6 Å². The number of thiazole rings is 1. The van der Waals surface area contributed by atoms with Crippen LogP contribution in [0.5, 0.6) is 5.75 Å². The Morgan fingerprint density at radius 3 is 2.90 bits per heavy atom. The lowest BCUT2D eigenvalue weighted by atomic mass is 9.85. The summed E-state index contributed by atoms with van der Waals surface area (Å²) in [6.07, 6.45) is 3.67. The van der Waals surface area contributed by atoms with Crippen LogP contribution >= 0.6 is 11.3 Å². The third-order valence-corrected chi connectivity index (χ3v) is 7.18. The minimum absolute atomic E-state index is 0.0994. The minimum Gasteiger partial charge on any atom is -0.493 e. The van der Waals surface area contributed by atoms with Crippen molar-refractivity contribution in [2.24, 2.45) is 0 Å². The van der Waals surface area contributed by atoms with Crippen molar-refractivity contribution >= 4 is 17.1 Å². The molecule has 0 bridgehead atoms. The number of benzene rings is 2. The van der Waals surface area contributed by atoms with Gasteiger partial charge in [0.2, 0.25) is 0 Å². The molecule has 4 nitrogen and oxygen atoms in total. The molecular formula is C25H26N2O2S. The molecule has 1 saturated heterocycles. The molecule has 0 amide bonds. The molecular weight excluding hydrogens is 392 g/mol. The fourth-order valence-corrected chi connectivity index (χ4v) is 5.35. The molecule has 1 aromatic heterocycles. The topological polar surface area (TPSA) is 42.4 Å². The number of likely N-dealkylation sites (tertiary alicyclic amines) is 1. The van der Waals surface area contributed by atoms with Crippen molar-refractivity contribution < 1.29 is 9.53 Å². The van der Waals surface area contributed by atoms with E-state index in [4.69, 9.17) is 4.74 Å². The smallest absolute Gasteiger partial charge is 0.186 e. The summed E-state index contributed by atoms with van der Waals surface area (Å²) in [6, 6.07) is 14.6. The highest BCUT2D eigenvalue weighted by Gasteiger charge is 2.22. The molecule has 2 aliphatic rings. The van der Waals surface area contributed by atoms with Gasteiger partial charge in [0, 0.05) is 23.8 Å². The summed E-state index contributed by atoms with van der Waals surface area (Å²) >= 11 is 1.54. The Balaban J connectivity index is 1.33. The van der Waals surface area contributed by atoms with Crippen LogP contribution in [-0.4, -0.2) is 42.4 Å². The summed E-state index contributed by atoms with van der Waals surface area (Å²) in [5.41, 5.74) is 5.36. The SMILES string of the molecule is CN1CCC(c2ccccc2CC(=O)c2csc(-c3ccc4c(c3)CCO4)n2)CC1. The van der Waals surface area contributed by atoms with Gasteiger partial charge >= 0.3 is 0 Å². The minimum atomic E-state index is 0.0994. The number of hydrogen-bond acceptors (Lipinski definition) is 5. The molecule has 0 aliphatic carbocycles. The van der Waals surface area contributed by atoms with Crippen LogP contribution < -0.4 is 4.74 Å². The van der Waals surface area contributed by atoms with Gasteiger partial charge in [-0.15, -0.1) is 11.3 Å². The molecule has 0 unspecified atom stereocenters. The lowest BCUT2D eigenvalue weighted by Crippen LogP contribution is -2.29. The molecule has 3 heterocycles. The largest absolute Gasteiger partial charge is 0.493 e. The molecule has 0 spiro atoms. The molecule has 0 radical (unpaired) electrons. The summed E-state index contributed by atoms with van der Waals surface area (Å²) in [5.74, 6) is 1.62. The molecule has 3 aromatic rings. The first kappa shape index (κ1) is 19.5. The molecule has 2 aliphatic heterocycles. The fourth-order valence-electron chi connectivity index (χ4n) is 4.53. The first-order valence-corrected chi connectivity index (χ1v) is 11.6. The highest BCUT2D eigenvalue weighted by molar-refractivity contribution is 7.13. The highest BCUT2D eigenvalue weighted by atomic mass is 32.1. The van der Waals surface area contributed by atoms with Gasteiger partial charge in [-0.2, -0.15) is 0 Å². The van der Waals surface area contributed by atoms with Gasteiger partial charge in [0.05, 0.1) is 6.61 Å². The van der Waals surface area contributed by atoms with Crippen LogP contribution in [0.3, 0.4) is 0 Å². The van der Waals surface area contributed by atoms with Crippen LogP contribution in [0.15, 0.2) is 47.8 Å². The summed E-state index contributed by atoms with van der Waals surface area (Å²) in [4.78, 5) is 20.1. The maximum absolute atomic E-state index is 13.0. The summed E-state index contributed by atoms with van der Waals surface area (Å²) in [5, 5.41) is 2.80. The third kappa shape index (κ3) is 3.92. The van der Waals surface area contributed by atoms with Crippen molar-refractivity contribution in [3.05, 3.63) is 70.2 Å². The second-order valence-corrected chi connectivity index (χ2v) is 9.19. The second-order valence-electron chi connectivity index (χ2n) is 8.34. The first-order chi connectivity index (χ1) is 14.7. The normalized spacial score (nSPS) is 17.0. The Labute approximate surface area is 181 Å². The van der Waals surface area contributed by atoms with Crippen molar-refractivity contribution in [2.45, 2.75) is 31.6 Å². The van der Waals surface area contributed by atoms with E-state index < -0.39 is 0 Å². The van der Waals surface area contributed by atoms with Gasteiger partial charge in [0.15, 0.2) is 5.78 Å². The predicted octanol–water partition coefficient (Wildman–Crippen LogP) is 4.98. The van der Waals surface area contributed by atoms with Gasteiger partial charge in [-0.25, -0.2) is 4.98 Å². The van der Waals surface area contributed by atoms with Crippen LogP contribution in [-0.2, 0) is 12.8 Å². The van der Waals surface area contributed by atoms with Crippen LogP contribution in [0, 0.1) is 0 Å². The van der Waals surface area contributed by atoms with E-state index in [2.05, 4.69) is 41.2 Å². The van der Waals surface area contributed by atoms with Crippen molar-refractivity contribution in [1.82, 2.24) is 9.88 Å². The van der Waals surface area contributed by atoms with Crippen molar-refractivity contribution in [3.63, 3.8) is 0 Å². The fraction of sp³-hybridized carbons (Fsp3) is 0.360. The van der Waals surface area contributed by atoms with Gasteiger partial charge in [-0.3, -0.25) is 4.79 Å². The average molecular weight is 419 g/mol. The Kier molecular flexibility index (Phi) is 5.40. The number of rotatable bonds is 5. The van der Waals surface area contributed by atoms with Crippen LogP contribution in [0.2, 0.25) is 0 Å². The van der Waals surface area contributed by atoms with Gasteiger partial charge in [0.25, 0.3) is 0 Å². The number of ether oxygens (including phenoxy) is 1. The van der Waals surface area contributed by atoms with E-state index in [1.807, 2.05) is 23.6 Å². The number of carbonyl (C=O) groups excluding carboxylic acids is 1. The Bertz CT molecular complexity index is 1070. The van der Waals surface area contributed by atoms with E-state index in [9.17, 15) is 4.79 Å². The Morgan fingerprint density at radius 1 is 1.20 bits per heavy atom. The zero-order valence-corrected chi connectivity index (χ0v) is 18.1. The van der Waals surface area contributed by atoms with E-state index in [-0.39, 0.29) is 5.78 Å². The lowest BCUT2D eigenvalue weighted by molar-refractivity contribution is 0.0988. The van der Waals surface area contributed by atoms with E-state index in [1.54, 1.807) is 11.3 Å². The van der Waals surface area contributed by atoms with Gasteiger partial charge in [-0.05, 0) is 73.8 Å². The van der Waals surface area contributed by atoms with Crippen LogP contribution in [0.1, 0.15) is 45.9 Å². The molecule has 154 valence electrons. The Hall–Kier alpha value is -2.50. The highest BCUT2D eigenvalue weighted by Crippen LogP contribution is 2.33. The summed E-state index contributed by atoms with van der Waals surface area (Å²) in [7, 11) is 2.18. The molecule has 0 saturated carbocycles.